The van der Waals surface area contributed by atoms with Crippen molar-refractivity contribution < 1.29 is 22.4 Å². The number of hydrogen-bond donors (Lipinski definition) is 2. The van der Waals surface area contributed by atoms with E-state index in [4.69, 9.17) is 4.42 Å². The van der Waals surface area contributed by atoms with E-state index < -0.39 is 16.0 Å². The van der Waals surface area contributed by atoms with Gasteiger partial charge in [0.25, 0.3) is 0 Å². The highest BCUT2D eigenvalue weighted by Crippen LogP contribution is 2.17. The Morgan fingerprint density at radius 1 is 1.38 bits per heavy atom. The molecule has 9 heteroatoms. The lowest BCUT2D eigenvalue weighted by molar-refractivity contribution is 0.0594. The summed E-state index contributed by atoms with van der Waals surface area (Å²) >= 11 is 0. The molecule has 0 amide bonds. The number of methoxy groups -OCH3 is 1. The van der Waals surface area contributed by atoms with E-state index in [2.05, 4.69) is 40.1 Å². The maximum absolute atomic E-state index is 12.4. The summed E-state index contributed by atoms with van der Waals surface area (Å²) in [6.07, 6.45) is 2.88. The zero-order valence-electron chi connectivity index (χ0n) is 15.4. The van der Waals surface area contributed by atoms with E-state index in [1.165, 1.54) is 19.4 Å². The van der Waals surface area contributed by atoms with Gasteiger partial charge in [-0.1, -0.05) is 0 Å². The Kier molecular flexibility index (Phi) is 6.27. The van der Waals surface area contributed by atoms with E-state index in [9.17, 15) is 13.2 Å². The minimum absolute atomic E-state index is 0.00811. The average Bonchev–Trinajstić information content (AvgIpc) is 3.24. The van der Waals surface area contributed by atoms with Gasteiger partial charge in [0.15, 0.2) is 0 Å². The minimum Gasteiger partial charge on any atom is -0.468 e. The Labute approximate surface area is 153 Å². The molecular formula is C17H25N3O5S. The van der Waals surface area contributed by atoms with Crippen LogP contribution in [0.5, 0.6) is 0 Å². The quantitative estimate of drug-likeness (QED) is 0.676. The van der Waals surface area contributed by atoms with Gasteiger partial charge in [0.05, 0.1) is 19.9 Å². The summed E-state index contributed by atoms with van der Waals surface area (Å²) in [5.41, 5.74) is -0.0771. The Morgan fingerprint density at radius 2 is 2.12 bits per heavy atom. The number of nitrogens with zero attached hydrogens (tertiary/aromatic N) is 1. The van der Waals surface area contributed by atoms with Crippen LogP contribution in [0.1, 0.15) is 37.0 Å². The molecule has 0 unspecified atom stereocenters. The van der Waals surface area contributed by atoms with Crippen LogP contribution in [0.2, 0.25) is 0 Å². The van der Waals surface area contributed by atoms with Crippen molar-refractivity contribution in [2.45, 2.75) is 37.8 Å². The lowest BCUT2D eigenvalue weighted by atomic mass is 10.1. The Morgan fingerprint density at radius 3 is 2.69 bits per heavy atom. The third-order valence-electron chi connectivity index (χ3n) is 3.92. The highest BCUT2D eigenvalue weighted by atomic mass is 32.2. The second-order valence-electron chi connectivity index (χ2n) is 6.81. The molecule has 0 aliphatic rings. The summed E-state index contributed by atoms with van der Waals surface area (Å²) in [6, 6.07) is 4.96. The number of esters is 1. The summed E-state index contributed by atoms with van der Waals surface area (Å²) in [7, 11) is -2.49. The van der Waals surface area contributed by atoms with Crippen LogP contribution in [-0.2, 0) is 21.3 Å². The molecule has 0 aromatic carbocycles. The molecule has 8 nitrogen and oxygen atoms in total. The van der Waals surface area contributed by atoms with Crippen LogP contribution in [0.4, 0.5) is 0 Å². The number of ether oxygens (including phenoxy) is 1. The first-order valence-corrected chi connectivity index (χ1v) is 9.65. The van der Waals surface area contributed by atoms with Gasteiger partial charge >= 0.3 is 5.97 Å². The van der Waals surface area contributed by atoms with Gasteiger partial charge in [-0.15, -0.1) is 0 Å². The zero-order valence-corrected chi connectivity index (χ0v) is 16.2. The third kappa shape index (κ3) is 5.20. The van der Waals surface area contributed by atoms with E-state index in [-0.39, 0.29) is 22.7 Å². The van der Waals surface area contributed by atoms with E-state index in [0.29, 0.717) is 13.1 Å². The minimum atomic E-state index is -3.72. The largest absolute Gasteiger partial charge is 0.468 e. The number of rotatable bonds is 8. The maximum Gasteiger partial charge on any atom is 0.354 e. The Balaban J connectivity index is 1.99. The number of hydrogen-bond acceptors (Lipinski definition) is 6. The van der Waals surface area contributed by atoms with Crippen molar-refractivity contribution in [1.82, 2.24) is 14.6 Å². The predicted octanol–water partition coefficient (Wildman–Crippen LogP) is 1.97. The number of carbonyl (C=O) groups is 1. The van der Waals surface area contributed by atoms with Gasteiger partial charge in [-0.2, -0.15) is 0 Å². The molecule has 0 aliphatic heterocycles. The first kappa shape index (κ1) is 20.2. The molecule has 0 bridgehead atoms. The summed E-state index contributed by atoms with van der Waals surface area (Å²) in [4.78, 5) is 16.1. The van der Waals surface area contributed by atoms with Crippen molar-refractivity contribution in [3.05, 3.63) is 42.1 Å². The van der Waals surface area contributed by atoms with E-state index in [1.807, 2.05) is 12.1 Å². The zero-order chi connectivity index (χ0) is 19.4. The van der Waals surface area contributed by atoms with Crippen molar-refractivity contribution in [2.24, 2.45) is 0 Å². The third-order valence-corrected chi connectivity index (χ3v) is 5.36. The van der Waals surface area contributed by atoms with Gasteiger partial charge in [-0.3, -0.25) is 4.90 Å². The monoisotopic (exact) mass is 383 g/mol. The fraction of sp³-hybridized carbons (Fsp3) is 0.471. The van der Waals surface area contributed by atoms with E-state index >= 15 is 0 Å². The lowest BCUT2D eigenvalue weighted by Crippen LogP contribution is -2.44. The Bertz CT molecular complexity index is 819. The molecule has 0 radical (unpaired) electrons. The van der Waals surface area contributed by atoms with Crippen LogP contribution in [0.25, 0.3) is 0 Å². The smallest absolute Gasteiger partial charge is 0.354 e. The maximum atomic E-state index is 12.4. The molecule has 2 aromatic rings. The molecule has 0 atom stereocenters. The highest BCUT2D eigenvalue weighted by Gasteiger charge is 2.24. The topological polar surface area (TPSA) is 105 Å². The van der Waals surface area contributed by atoms with Gasteiger partial charge < -0.3 is 14.1 Å². The first-order valence-electron chi connectivity index (χ1n) is 8.17. The fourth-order valence-electron chi connectivity index (χ4n) is 2.40. The van der Waals surface area contributed by atoms with Gasteiger partial charge in [-0.25, -0.2) is 17.9 Å². The second kappa shape index (κ2) is 8.07. The molecule has 0 spiro atoms. The number of carbonyl (C=O) groups excluding carboxylic acids is 1. The van der Waals surface area contributed by atoms with E-state index in [1.54, 1.807) is 6.26 Å². The lowest BCUT2D eigenvalue weighted by Gasteiger charge is -2.35. The van der Waals surface area contributed by atoms with Crippen LogP contribution in [0.15, 0.2) is 40.0 Å². The fourth-order valence-corrected chi connectivity index (χ4v) is 3.41. The van der Waals surface area contributed by atoms with Gasteiger partial charge in [0.2, 0.25) is 10.0 Å². The van der Waals surface area contributed by atoms with Gasteiger partial charge in [0.1, 0.15) is 16.3 Å². The molecule has 2 N–H and O–H groups in total. The Hall–Kier alpha value is -2.10. The second-order valence-corrected chi connectivity index (χ2v) is 8.58. The van der Waals surface area contributed by atoms with Crippen molar-refractivity contribution in [2.75, 3.05) is 20.2 Å². The molecule has 0 saturated carbocycles. The van der Waals surface area contributed by atoms with Crippen LogP contribution >= 0.6 is 0 Å². The molecule has 2 rings (SSSR count). The van der Waals surface area contributed by atoms with Crippen molar-refractivity contribution in [1.29, 1.82) is 0 Å². The summed E-state index contributed by atoms with van der Waals surface area (Å²) in [5, 5.41) is 0. The molecule has 0 aliphatic carbocycles. The SMILES string of the molecule is COC(=O)c1cc(S(=O)(=O)NCCN(Cc2ccco2)C(C)(C)C)c[nH]1. The predicted molar refractivity (Wildman–Crippen MR) is 96.2 cm³/mol. The number of furan rings is 1. The molecule has 0 saturated heterocycles. The van der Waals surface area contributed by atoms with E-state index in [0.717, 1.165) is 5.76 Å². The standard InChI is InChI=1S/C17H25N3O5S/c1-17(2,3)20(12-13-6-5-9-25-13)8-7-19-26(22,23)14-10-15(18-11-14)16(21)24-4/h5-6,9-11,18-19H,7-8,12H2,1-4H3. The molecule has 26 heavy (non-hydrogen) atoms. The molecule has 2 aromatic heterocycles. The average molecular weight is 383 g/mol. The summed E-state index contributed by atoms with van der Waals surface area (Å²) in [5.74, 6) is 0.194. The van der Waals surface area contributed by atoms with Crippen molar-refractivity contribution in [3.8, 4) is 0 Å². The molecular weight excluding hydrogens is 358 g/mol. The van der Waals surface area contributed by atoms with Crippen molar-refractivity contribution in [3.63, 3.8) is 0 Å². The molecule has 144 valence electrons. The number of sulfonamides is 1. The van der Waals surface area contributed by atoms with Crippen LogP contribution in [0, 0.1) is 0 Å². The highest BCUT2D eigenvalue weighted by molar-refractivity contribution is 7.89. The van der Waals surface area contributed by atoms with Gasteiger partial charge in [-0.05, 0) is 39.0 Å². The number of aromatic amines is 1. The number of nitrogens with one attached hydrogen (secondary N) is 2. The number of aromatic nitrogens is 1. The molecule has 2 heterocycles. The summed E-state index contributed by atoms with van der Waals surface area (Å²) in [6.45, 7) is 7.46. The molecule has 0 fully saturated rings. The number of H-pyrrole nitrogens is 1. The summed E-state index contributed by atoms with van der Waals surface area (Å²) < 4.78 is 37.3. The van der Waals surface area contributed by atoms with Crippen LogP contribution in [-0.4, -0.2) is 50.0 Å². The van der Waals surface area contributed by atoms with Crippen LogP contribution < -0.4 is 4.72 Å². The first-order chi connectivity index (χ1) is 12.1. The normalized spacial score (nSPS) is 12.5. The van der Waals surface area contributed by atoms with Gasteiger partial charge in [0, 0.05) is 24.8 Å². The van der Waals surface area contributed by atoms with Crippen LogP contribution in [0.3, 0.4) is 0 Å². The van der Waals surface area contributed by atoms with Crippen molar-refractivity contribution >= 4 is 16.0 Å².